The zero-order valence-electron chi connectivity index (χ0n) is 12.5. The SMILES string of the molecule is CCCC1CCN(C(=O)c2ccc(CCN)cc2)CC1. The van der Waals surface area contributed by atoms with Gasteiger partial charge in [0.05, 0.1) is 0 Å². The number of amides is 1. The maximum absolute atomic E-state index is 12.4. The summed E-state index contributed by atoms with van der Waals surface area (Å²) in [7, 11) is 0. The van der Waals surface area contributed by atoms with E-state index in [-0.39, 0.29) is 5.91 Å². The van der Waals surface area contributed by atoms with E-state index in [2.05, 4.69) is 6.92 Å². The molecule has 20 heavy (non-hydrogen) atoms. The Morgan fingerprint density at radius 3 is 2.45 bits per heavy atom. The summed E-state index contributed by atoms with van der Waals surface area (Å²) in [6.45, 7) is 4.71. The Balaban J connectivity index is 1.91. The van der Waals surface area contributed by atoms with Crippen molar-refractivity contribution in [2.45, 2.75) is 39.0 Å². The predicted octanol–water partition coefficient (Wildman–Crippen LogP) is 2.84. The highest BCUT2D eigenvalue weighted by Gasteiger charge is 2.22. The molecule has 1 aliphatic rings. The zero-order valence-corrected chi connectivity index (χ0v) is 12.5. The topological polar surface area (TPSA) is 46.3 Å². The van der Waals surface area contributed by atoms with Crippen LogP contribution in [0.25, 0.3) is 0 Å². The Morgan fingerprint density at radius 2 is 1.90 bits per heavy atom. The van der Waals surface area contributed by atoms with Crippen molar-refractivity contribution in [3.63, 3.8) is 0 Å². The summed E-state index contributed by atoms with van der Waals surface area (Å²) in [5.74, 6) is 0.996. The molecule has 0 saturated carbocycles. The Bertz CT molecular complexity index is 419. The lowest BCUT2D eigenvalue weighted by Crippen LogP contribution is -2.38. The van der Waals surface area contributed by atoms with Gasteiger partial charge in [0.25, 0.3) is 5.91 Å². The lowest BCUT2D eigenvalue weighted by Gasteiger charge is -2.32. The summed E-state index contributed by atoms with van der Waals surface area (Å²) >= 11 is 0. The Hall–Kier alpha value is -1.35. The van der Waals surface area contributed by atoms with E-state index in [1.165, 1.54) is 18.4 Å². The van der Waals surface area contributed by atoms with E-state index in [9.17, 15) is 4.79 Å². The third-order valence-electron chi connectivity index (χ3n) is 4.23. The number of piperidine rings is 1. The monoisotopic (exact) mass is 274 g/mol. The Kier molecular flexibility index (Phi) is 5.60. The molecule has 1 heterocycles. The van der Waals surface area contributed by atoms with Crippen molar-refractivity contribution in [3.8, 4) is 0 Å². The first-order valence-corrected chi connectivity index (χ1v) is 7.83. The van der Waals surface area contributed by atoms with Crippen molar-refractivity contribution < 1.29 is 4.79 Å². The molecule has 0 unspecified atom stereocenters. The highest BCUT2D eigenvalue weighted by atomic mass is 16.2. The maximum Gasteiger partial charge on any atom is 0.253 e. The van der Waals surface area contributed by atoms with Crippen LogP contribution in [0.15, 0.2) is 24.3 Å². The molecule has 0 atom stereocenters. The molecule has 1 amide bonds. The molecule has 1 fully saturated rings. The molecule has 2 rings (SSSR count). The van der Waals surface area contributed by atoms with Gasteiger partial charge < -0.3 is 10.6 Å². The van der Waals surface area contributed by atoms with Crippen LogP contribution in [0, 0.1) is 5.92 Å². The third kappa shape index (κ3) is 3.83. The number of nitrogens with zero attached hydrogens (tertiary/aromatic N) is 1. The molecule has 1 saturated heterocycles. The van der Waals surface area contributed by atoms with Gasteiger partial charge in [-0.1, -0.05) is 31.9 Å². The van der Waals surface area contributed by atoms with Gasteiger partial charge in [-0.25, -0.2) is 0 Å². The van der Waals surface area contributed by atoms with Crippen LogP contribution in [0.5, 0.6) is 0 Å². The minimum Gasteiger partial charge on any atom is -0.339 e. The molecule has 0 radical (unpaired) electrons. The quantitative estimate of drug-likeness (QED) is 0.897. The molecule has 1 aliphatic heterocycles. The van der Waals surface area contributed by atoms with Gasteiger partial charge in [0.1, 0.15) is 0 Å². The summed E-state index contributed by atoms with van der Waals surface area (Å²) in [6, 6.07) is 7.91. The molecule has 0 aliphatic carbocycles. The average Bonchev–Trinajstić information content (AvgIpc) is 2.49. The van der Waals surface area contributed by atoms with Crippen LogP contribution in [-0.4, -0.2) is 30.4 Å². The van der Waals surface area contributed by atoms with Crippen molar-refractivity contribution in [1.82, 2.24) is 4.90 Å². The fraction of sp³-hybridized carbons (Fsp3) is 0.588. The molecule has 2 N–H and O–H groups in total. The molecular formula is C17H26N2O. The summed E-state index contributed by atoms with van der Waals surface area (Å²) in [5.41, 5.74) is 7.54. The maximum atomic E-state index is 12.4. The van der Waals surface area contributed by atoms with Crippen molar-refractivity contribution in [1.29, 1.82) is 0 Å². The highest BCUT2D eigenvalue weighted by Crippen LogP contribution is 2.22. The van der Waals surface area contributed by atoms with Crippen LogP contribution in [-0.2, 0) is 6.42 Å². The van der Waals surface area contributed by atoms with Gasteiger partial charge in [0, 0.05) is 18.7 Å². The van der Waals surface area contributed by atoms with Gasteiger partial charge >= 0.3 is 0 Å². The van der Waals surface area contributed by atoms with Gasteiger partial charge in [-0.2, -0.15) is 0 Å². The molecule has 3 nitrogen and oxygen atoms in total. The van der Waals surface area contributed by atoms with Gasteiger partial charge in [0.2, 0.25) is 0 Å². The first kappa shape index (κ1) is 15.0. The van der Waals surface area contributed by atoms with Gasteiger partial charge in [-0.15, -0.1) is 0 Å². The smallest absolute Gasteiger partial charge is 0.253 e. The van der Waals surface area contributed by atoms with Crippen LogP contribution < -0.4 is 5.73 Å². The van der Waals surface area contributed by atoms with Crippen LogP contribution in [0.3, 0.4) is 0 Å². The normalized spacial score (nSPS) is 16.4. The first-order valence-electron chi connectivity index (χ1n) is 7.83. The molecule has 0 aromatic heterocycles. The lowest BCUT2D eigenvalue weighted by molar-refractivity contribution is 0.0686. The number of likely N-dealkylation sites (tertiary alicyclic amines) is 1. The second-order valence-corrected chi connectivity index (χ2v) is 5.76. The Labute approximate surface area is 122 Å². The van der Waals surface area contributed by atoms with Crippen LogP contribution >= 0.6 is 0 Å². The number of carbonyl (C=O) groups is 1. The van der Waals surface area contributed by atoms with Gasteiger partial charge in [-0.3, -0.25) is 4.79 Å². The van der Waals surface area contributed by atoms with Crippen molar-refractivity contribution >= 4 is 5.91 Å². The summed E-state index contributed by atoms with van der Waals surface area (Å²) in [5, 5.41) is 0. The van der Waals surface area contributed by atoms with E-state index in [0.29, 0.717) is 6.54 Å². The molecule has 0 spiro atoms. The second kappa shape index (κ2) is 7.44. The van der Waals surface area contributed by atoms with Gasteiger partial charge in [-0.05, 0) is 49.4 Å². The zero-order chi connectivity index (χ0) is 14.4. The fourth-order valence-corrected chi connectivity index (χ4v) is 3.00. The summed E-state index contributed by atoms with van der Waals surface area (Å²) in [4.78, 5) is 14.4. The molecular weight excluding hydrogens is 248 g/mol. The largest absolute Gasteiger partial charge is 0.339 e. The molecule has 1 aromatic rings. The number of nitrogens with two attached hydrogens (primary N) is 1. The lowest BCUT2D eigenvalue weighted by atomic mass is 9.92. The van der Waals surface area contributed by atoms with E-state index in [1.807, 2.05) is 29.2 Å². The number of rotatable bonds is 5. The number of benzene rings is 1. The van der Waals surface area contributed by atoms with Crippen LogP contribution in [0.1, 0.15) is 48.5 Å². The Morgan fingerprint density at radius 1 is 1.25 bits per heavy atom. The van der Waals surface area contributed by atoms with Crippen molar-refractivity contribution in [3.05, 3.63) is 35.4 Å². The van der Waals surface area contributed by atoms with Crippen LogP contribution in [0.2, 0.25) is 0 Å². The van der Waals surface area contributed by atoms with E-state index >= 15 is 0 Å². The molecule has 3 heteroatoms. The number of carbonyl (C=O) groups excluding carboxylic acids is 1. The number of hydrogen-bond donors (Lipinski definition) is 1. The van der Waals surface area contributed by atoms with Crippen molar-refractivity contribution in [2.75, 3.05) is 19.6 Å². The first-order chi connectivity index (χ1) is 9.74. The average molecular weight is 274 g/mol. The predicted molar refractivity (Wildman–Crippen MR) is 82.7 cm³/mol. The van der Waals surface area contributed by atoms with E-state index in [0.717, 1.165) is 43.8 Å². The van der Waals surface area contributed by atoms with E-state index in [1.54, 1.807) is 0 Å². The second-order valence-electron chi connectivity index (χ2n) is 5.76. The van der Waals surface area contributed by atoms with Gasteiger partial charge in [0.15, 0.2) is 0 Å². The highest BCUT2D eigenvalue weighted by molar-refractivity contribution is 5.94. The third-order valence-corrected chi connectivity index (χ3v) is 4.23. The standard InChI is InChI=1S/C17H26N2O/c1-2-3-14-9-12-19(13-10-14)17(20)16-6-4-15(5-7-16)8-11-18/h4-7,14H,2-3,8-13,18H2,1H3. The number of hydrogen-bond acceptors (Lipinski definition) is 2. The van der Waals surface area contributed by atoms with E-state index < -0.39 is 0 Å². The molecule has 1 aromatic carbocycles. The minimum absolute atomic E-state index is 0.180. The fourth-order valence-electron chi connectivity index (χ4n) is 3.00. The summed E-state index contributed by atoms with van der Waals surface area (Å²) in [6.07, 6.45) is 5.74. The van der Waals surface area contributed by atoms with Crippen molar-refractivity contribution in [2.24, 2.45) is 11.7 Å². The van der Waals surface area contributed by atoms with Crippen LogP contribution in [0.4, 0.5) is 0 Å². The summed E-state index contributed by atoms with van der Waals surface area (Å²) < 4.78 is 0. The van der Waals surface area contributed by atoms with E-state index in [4.69, 9.17) is 5.73 Å². The molecule has 0 bridgehead atoms. The minimum atomic E-state index is 0.180. The molecule has 110 valence electrons.